The van der Waals surface area contributed by atoms with Gasteiger partial charge in [-0.1, -0.05) is 11.6 Å². The third-order valence-electron chi connectivity index (χ3n) is 5.32. The number of rotatable bonds is 3. The number of aryl methyl sites for hydroxylation is 1. The molecular formula is C17H20ClN3. The summed E-state index contributed by atoms with van der Waals surface area (Å²) >= 11 is 6.26. The molecule has 3 nitrogen and oxygen atoms in total. The summed E-state index contributed by atoms with van der Waals surface area (Å²) in [4.78, 5) is 4.33. The molecule has 0 unspecified atom stereocenters. The van der Waals surface area contributed by atoms with Crippen LogP contribution in [0.4, 0.5) is 0 Å². The van der Waals surface area contributed by atoms with Gasteiger partial charge in [0.1, 0.15) is 5.15 Å². The Morgan fingerprint density at radius 2 is 2.14 bits per heavy atom. The molecule has 2 bridgehead atoms. The van der Waals surface area contributed by atoms with Gasteiger partial charge in [-0.2, -0.15) is 5.10 Å². The zero-order valence-corrected chi connectivity index (χ0v) is 13.1. The third kappa shape index (κ3) is 2.38. The van der Waals surface area contributed by atoms with E-state index in [1.165, 1.54) is 32.1 Å². The summed E-state index contributed by atoms with van der Waals surface area (Å²) in [5.74, 6) is 0.982. The molecule has 110 valence electrons. The van der Waals surface area contributed by atoms with Crippen molar-refractivity contribution < 1.29 is 0 Å². The van der Waals surface area contributed by atoms with Crippen molar-refractivity contribution in [1.82, 2.24) is 14.8 Å². The number of aromatic nitrogens is 3. The normalized spacial score (nSPS) is 27.4. The average Bonchev–Trinajstić information content (AvgIpc) is 3.15. The van der Waals surface area contributed by atoms with Gasteiger partial charge in [-0.25, -0.2) is 4.98 Å². The minimum absolute atomic E-state index is 0.517. The second kappa shape index (κ2) is 4.84. The molecule has 0 spiro atoms. The van der Waals surface area contributed by atoms with Crippen LogP contribution < -0.4 is 0 Å². The number of hydrogen-bond donors (Lipinski definition) is 0. The molecule has 2 heterocycles. The van der Waals surface area contributed by atoms with Crippen molar-refractivity contribution in [3.63, 3.8) is 0 Å². The zero-order chi connectivity index (χ0) is 14.4. The predicted molar refractivity (Wildman–Crippen MR) is 84.2 cm³/mol. The lowest BCUT2D eigenvalue weighted by atomic mass is 9.84. The summed E-state index contributed by atoms with van der Waals surface area (Å²) in [5, 5.41) is 5.13. The van der Waals surface area contributed by atoms with E-state index in [4.69, 9.17) is 11.6 Å². The van der Waals surface area contributed by atoms with Crippen LogP contribution in [0.15, 0.2) is 24.5 Å². The van der Waals surface area contributed by atoms with Gasteiger partial charge in [0.25, 0.3) is 0 Å². The Labute approximate surface area is 130 Å². The van der Waals surface area contributed by atoms with Crippen molar-refractivity contribution in [1.29, 1.82) is 0 Å². The van der Waals surface area contributed by atoms with E-state index in [2.05, 4.69) is 21.0 Å². The molecular weight excluding hydrogens is 282 g/mol. The van der Waals surface area contributed by atoms with E-state index in [1.807, 2.05) is 25.3 Å². The largest absolute Gasteiger partial charge is 0.272 e. The molecule has 2 aromatic heterocycles. The van der Waals surface area contributed by atoms with Crippen LogP contribution in [0.2, 0.25) is 5.15 Å². The molecule has 0 amide bonds. The Kier molecular flexibility index (Phi) is 3.07. The summed E-state index contributed by atoms with van der Waals surface area (Å²) in [6.45, 7) is 3.01. The first-order chi connectivity index (χ1) is 10.1. The van der Waals surface area contributed by atoms with Gasteiger partial charge in [-0.15, -0.1) is 0 Å². The Morgan fingerprint density at radius 1 is 1.33 bits per heavy atom. The highest BCUT2D eigenvalue weighted by Crippen LogP contribution is 2.54. The van der Waals surface area contributed by atoms with Crippen LogP contribution in [0.25, 0.3) is 11.1 Å². The molecule has 0 saturated heterocycles. The van der Waals surface area contributed by atoms with E-state index in [-0.39, 0.29) is 0 Å². The fourth-order valence-electron chi connectivity index (χ4n) is 4.21. The van der Waals surface area contributed by atoms with E-state index in [1.54, 1.807) is 0 Å². The van der Waals surface area contributed by atoms with Crippen LogP contribution in [0.3, 0.4) is 0 Å². The minimum atomic E-state index is 0.517. The van der Waals surface area contributed by atoms with E-state index in [9.17, 15) is 0 Å². The van der Waals surface area contributed by atoms with Gasteiger partial charge in [0.15, 0.2) is 0 Å². The van der Waals surface area contributed by atoms with Gasteiger partial charge in [0, 0.05) is 29.6 Å². The summed E-state index contributed by atoms with van der Waals surface area (Å²) in [5.41, 5.74) is 3.50. The van der Waals surface area contributed by atoms with Crippen molar-refractivity contribution in [2.24, 2.45) is 11.3 Å². The lowest BCUT2D eigenvalue weighted by Gasteiger charge is -2.26. The number of hydrogen-bond acceptors (Lipinski definition) is 2. The minimum Gasteiger partial charge on any atom is -0.272 e. The van der Waals surface area contributed by atoms with E-state index < -0.39 is 0 Å². The first-order valence-electron chi connectivity index (χ1n) is 7.80. The SMILES string of the molecule is Cc1ccc(-c2cnn(CC34CCC(CC3)C4)c2)c(Cl)n1. The first kappa shape index (κ1) is 13.3. The van der Waals surface area contributed by atoms with Crippen molar-refractivity contribution in [2.45, 2.75) is 45.6 Å². The lowest BCUT2D eigenvalue weighted by molar-refractivity contribution is 0.237. The first-order valence-corrected chi connectivity index (χ1v) is 8.17. The molecule has 2 saturated carbocycles. The van der Waals surface area contributed by atoms with E-state index >= 15 is 0 Å². The molecule has 2 fully saturated rings. The molecule has 2 aromatic rings. The molecule has 2 aliphatic rings. The smallest absolute Gasteiger partial charge is 0.137 e. The maximum Gasteiger partial charge on any atom is 0.137 e. The molecule has 2 aliphatic carbocycles. The molecule has 21 heavy (non-hydrogen) atoms. The fraction of sp³-hybridized carbons (Fsp3) is 0.529. The fourth-order valence-corrected chi connectivity index (χ4v) is 4.51. The summed E-state index contributed by atoms with van der Waals surface area (Å²) in [7, 11) is 0. The van der Waals surface area contributed by atoms with Gasteiger partial charge in [-0.3, -0.25) is 4.68 Å². The molecule has 0 atom stereocenters. The number of nitrogens with zero attached hydrogens (tertiary/aromatic N) is 3. The highest BCUT2D eigenvalue weighted by molar-refractivity contribution is 6.32. The van der Waals surface area contributed by atoms with Crippen LogP contribution in [-0.2, 0) is 6.54 Å². The molecule has 4 rings (SSSR count). The Morgan fingerprint density at radius 3 is 2.81 bits per heavy atom. The van der Waals surface area contributed by atoms with Crippen LogP contribution in [0.5, 0.6) is 0 Å². The van der Waals surface area contributed by atoms with Crippen molar-refractivity contribution in [3.05, 3.63) is 35.4 Å². The number of fused-ring (bicyclic) bond motifs is 2. The van der Waals surface area contributed by atoms with Crippen LogP contribution in [-0.4, -0.2) is 14.8 Å². The second-order valence-electron chi connectivity index (χ2n) is 6.87. The Hall–Kier alpha value is -1.35. The second-order valence-corrected chi connectivity index (χ2v) is 7.22. The van der Waals surface area contributed by atoms with Gasteiger partial charge >= 0.3 is 0 Å². The zero-order valence-electron chi connectivity index (χ0n) is 12.3. The van der Waals surface area contributed by atoms with Crippen molar-refractivity contribution >= 4 is 11.6 Å². The van der Waals surface area contributed by atoms with Crippen LogP contribution >= 0.6 is 11.6 Å². The van der Waals surface area contributed by atoms with Crippen LogP contribution in [0, 0.1) is 18.3 Å². The quantitative estimate of drug-likeness (QED) is 0.782. The maximum absolute atomic E-state index is 6.26. The van der Waals surface area contributed by atoms with E-state index in [0.717, 1.165) is 29.3 Å². The monoisotopic (exact) mass is 301 g/mol. The van der Waals surface area contributed by atoms with Crippen molar-refractivity contribution in [3.8, 4) is 11.1 Å². The van der Waals surface area contributed by atoms with Gasteiger partial charge in [0.05, 0.1) is 6.20 Å². The standard InChI is InChI=1S/C17H20ClN3/c1-12-2-3-15(16(18)20-12)14-9-19-21(10-14)11-17-6-4-13(8-17)5-7-17/h2-3,9-10,13H,4-8,11H2,1H3. The number of halogens is 1. The summed E-state index contributed by atoms with van der Waals surface area (Å²) < 4.78 is 2.11. The summed E-state index contributed by atoms with van der Waals surface area (Å²) in [6.07, 6.45) is 11.0. The topological polar surface area (TPSA) is 30.7 Å². The molecule has 4 heteroatoms. The molecule has 0 N–H and O–H groups in total. The highest BCUT2D eigenvalue weighted by Gasteiger charge is 2.44. The third-order valence-corrected chi connectivity index (χ3v) is 5.61. The Bertz CT molecular complexity index is 668. The summed E-state index contributed by atoms with van der Waals surface area (Å²) in [6, 6.07) is 4.03. The predicted octanol–water partition coefficient (Wildman–Crippen LogP) is 4.49. The maximum atomic E-state index is 6.26. The molecule has 0 aliphatic heterocycles. The Balaban J connectivity index is 1.58. The van der Waals surface area contributed by atoms with Crippen LogP contribution in [0.1, 0.15) is 37.8 Å². The molecule has 0 aromatic carbocycles. The van der Waals surface area contributed by atoms with E-state index in [0.29, 0.717) is 10.6 Å². The van der Waals surface area contributed by atoms with Gasteiger partial charge in [-0.05, 0) is 62.5 Å². The van der Waals surface area contributed by atoms with Gasteiger partial charge in [0.2, 0.25) is 0 Å². The van der Waals surface area contributed by atoms with Crippen molar-refractivity contribution in [2.75, 3.05) is 0 Å². The highest BCUT2D eigenvalue weighted by atomic mass is 35.5. The number of pyridine rings is 1. The lowest BCUT2D eigenvalue weighted by Crippen LogP contribution is -2.21. The molecule has 0 radical (unpaired) electrons. The average molecular weight is 302 g/mol. The van der Waals surface area contributed by atoms with Gasteiger partial charge < -0.3 is 0 Å².